The van der Waals surface area contributed by atoms with E-state index in [2.05, 4.69) is 39.6 Å². The van der Waals surface area contributed by atoms with Gasteiger partial charge in [-0.05, 0) is 46.6 Å². The molecule has 4 heteroatoms. The van der Waals surface area contributed by atoms with E-state index in [4.69, 9.17) is 5.11 Å². The van der Waals surface area contributed by atoms with E-state index in [1.54, 1.807) is 11.3 Å². The second-order valence-corrected chi connectivity index (χ2v) is 5.75. The topological polar surface area (TPSA) is 32.3 Å². The molecular formula is C13H14BrNOS. The molecule has 2 aromatic rings. The number of hydrogen-bond acceptors (Lipinski definition) is 3. The van der Waals surface area contributed by atoms with Gasteiger partial charge < -0.3 is 10.4 Å². The highest BCUT2D eigenvalue weighted by molar-refractivity contribution is 9.10. The highest BCUT2D eigenvalue weighted by atomic mass is 79.9. The third-order valence-electron chi connectivity index (χ3n) is 2.53. The largest absolute Gasteiger partial charge is 0.392 e. The third kappa shape index (κ3) is 3.31. The second kappa shape index (κ2) is 5.67. The smallest absolute Gasteiger partial charge is 0.0681 e. The van der Waals surface area contributed by atoms with Crippen molar-refractivity contribution in [2.24, 2.45) is 0 Å². The molecule has 2 nitrogen and oxygen atoms in total. The number of nitrogens with one attached hydrogen (secondary N) is 1. The monoisotopic (exact) mass is 311 g/mol. The Balaban J connectivity index is 2.04. The highest BCUT2D eigenvalue weighted by Gasteiger charge is 2.07. The van der Waals surface area contributed by atoms with Gasteiger partial charge in [0.25, 0.3) is 0 Å². The van der Waals surface area contributed by atoms with E-state index in [1.165, 1.54) is 4.88 Å². The SMILES string of the molecule is CC(Nc1ccc(CO)cc1)c1cc(Br)cs1. The molecule has 0 bridgehead atoms. The van der Waals surface area contributed by atoms with Crippen molar-refractivity contribution < 1.29 is 5.11 Å². The van der Waals surface area contributed by atoms with Crippen LogP contribution in [0.3, 0.4) is 0 Å². The summed E-state index contributed by atoms with van der Waals surface area (Å²) in [6.07, 6.45) is 0. The van der Waals surface area contributed by atoms with Gasteiger partial charge >= 0.3 is 0 Å². The summed E-state index contributed by atoms with van der Waals surface area (Å²) in [6, 6.07) is 10.3. The summed E-state index contributed by atoms with van der Waals surface area (Å²) < 4.78 is 1.13. The lowest BCUT2D eigenvalue weighted by Crippen LogP contribution is -2.04. The van der Waals surface area contributed by atoms with Gasteiger partial charge in [0.1, 0.15) is 0 Å². The minimum Gasteiger partial charge on any atom is -0.392 e. The molecule has 1 aromatic carbocycles. The number of thiophene rings is 1. The Morgan fingerprint density at radius 1 is 1.35 bits per heavy atom. The van der Waals surface area contributed by atoms with Crippen LogP contribution in [-0.4, -0.2) is 5.11 Å². The zero-order valence-corrected chi connectivity index (χ0v) is 11.9. The van der Waals surface area contributed by atoms with E-state index >= 15 is 0 Å². The third-order valence-corrected chi connectivity index (χ3v) is 4.41. The van der Waals surface area contributed by atoms with Crippen molar-refractivity contribution in [3.05, 3.63) is 50.6 Å². The molecule has 2 rings (SSSR count). The van der Waals surface area contributed by atoms with Gasteiger partial charge in [-0.25, -0.2) is 0 Å². The standard InChI is InChI=1S/C13H14BrNOS/c1-9(13-6-11(14)8-17-13)15-12-4-2-10(7-16)3-5-12/h2-6,8-9,15-16H,7H2,1H3. The van der Waals surface area contributed by atoms with Crippen molar-refractivity contribution in [3.63, 3.8) is 0 Å². The molecule has 0 amide bonds. The first-order valence-corrected chi connectivity index (χ1v) is 7.06. The zero-order valence-electron chi connectivity index (χ0n) is 9.48. The first-order chi connectivity index (χ1) is 8.19. The maximum Gasteiger partial charge on any atom is 0.0681 e. The molecule has 1 heterocycles. The van der Waals surface area contributed by atoms with Crippen LogP contribution in [0.1, 0.15) is 23.4 Å². The van der Waals surface area contributed by atoms with E-state index in [9.17, 15) is 0 Å². The fourth-order valence-electron chi connectivity index (χ4n) is 1.58. The van der Waals surface area contributed by atoms with E-state index in [-0.39, 0.29) is 12.6 Å². The Morgan fingerprint density at radius 3 is 2.59 bits per heavy atom. The van der Waals surface area contributed by atoms with E-state index in [0.29, 0.717) is 0 Å². The molecule has 17 heavy (non-hydrogen) atoms. The minimum absolute atomic E-state index is 0.0910. The first kappa shape index (κ1) is 12.6. The van der Waals surface area contributed by atoms with Crippen LogP contribution in [0.25, 0.3) is 0 Å². The maximum absolute atomic E-state index is 8.97. The van der Waals surface area contributed by atoms with Crippen molar-refractivity contribution in [2.75, 3.05) is 5.32 Å². The summed E-state index contributed by atoms with van der Waals surface area (Å²) in [7, 11) is 0. The van der Waals surface area contributed by atoms with Crippen molar-refractivity contribution >= 4 is 33.0 Å². The molecule has 1 atom stereocenters. The van der Waals surface area contributed by atoms with Crippen LogP contribution >= 0.6 is 27.3 Å². The van der Waals surface area contributed by atoms with Gasteiger partial charge in [-0.1, -0.05) is 12.1 Å². The molecule has 0 radical (unpaired) electrons. The number of rotatable bonds is 4. The van der Waals surface area contributed by atoms with Gasteiger partial charge in [0.05, 0.1) is 12.6 Å². The predicted octanol–water partition coefficient (Wildman–Crippen LogP) is 4.18. The molecule has 0 saturated heterocycles. The average molecular weight is 312 g/mol. The molecule has 90 valence electrons. The van der Waals surface area contributed by atoms with Crippen molar-refractivity contribution in [2.45, 2.75) is 19.6 Å². The molecule has 2 N–H and O–H groups in total. The molecule has 0 aliphatic rings. The molecule has 0 saturated carbocycles. The molecule has 1 aromatic heterocycles. The van der Waals surface area contributed by atoms with Gasteiger partial charge in [0.15, 0.2) is 0 Å². The fourth-order valence-corrected chi connectivity index (χ4v) is 3.04. The fraction of sp³-hybridized carbons (Fsp3) is 0.231. The van der Waals surface area contributed by atoms with E-state index in [1.807, 2.05) is 24.3 Å². The Bertz CT molecular complexity index is 480. The first-order valence-electron chi connectivity index (χ1n) is 5.39. The summed E-state index contributed by atoms with van der Waals surface area (Å²) in [6.45, 7) is 2.23. The van der Waals surface area contributed by atoms with Crippen molar-refractivity contribution in [1.82, 2.24) is 0 Å². The van der Waals surface area contributed by atoms with Crippen LogP contribution in [0, 0.1) is 0 Å². The van der Waals surface area contributed by atoms with Gasteiger partial charge in [-0.15, -0.1) is 11.3 Å². The number of aliphatic hydroxyl groups is 1. The lowest BCUT2D eigenvalue weighted by molar-refractivity contribution is 0.282. The number of anilines is 1. The highest BCUT2D eigenvalue weighted by Crippen LogP contribution is 2.27. The quantitative estimate of drug-likeness (QED) is 0.888. The zero-order chi connectivity index (χ0) is 12.3. The Kier molecular flexibility index (Phi) is 4.20. The van der Waals surface area contributed by atoms with Crippen LogP contribution in [0.2, 0.25) is 0 Å². The summed E-state index contributed by atoms with van der Waals surface area (Å²) in [5.74, 6) is 0. The predicted molar refractivity (Wildman–Crippen MR) is 76.4 cm³/mol. The lowest BCUT2D eigenvalue weighted by Gasteiger charge is -2.13. The van der Waals surface area contributed by atoms with Crippen LogP contribution < -0.4 is 5.32 Å². The summed E-state index contributed by atoms with van der Waals surface area (Å²) in [5.41, 5.74) is 2.00. The molecule has 0 aliphatic heterocycles. The summed E-state index contributed by atoms with van der Waals surface area (Å²) in [4.78, 5) is 1.29. The van der Waals surface area contributed by atoms with Crippen LogP contribution in [0.5, 0.6) is 0 Å². The average Bonchev–Trinajstić information content (AvgIpc) is 2.77. The Labute approximate surface area is 113 Å². The molecule has 0 aliphatic carbocycles. The Morgan fingerprint density at radius 2 is 2.06 bits per heavy atom. The number of halogens is 1. The van der Waals surface area contributed by atoms with Gasteiger partial charge in [-0.2, -0.15) is 0 Å². The number of hydrogen-bond donors (Lipinski definition) is 2. The lowest BCUT2D eigenvalue weighted by atomic mass is 10.2. The number of benzene rings is 1. The molecule has 0 spiro atoms. The van der Waals surface area contributed by atoms with Crippen LogP contribution in [0.15, 0.2) is 40.2 Å². The Hall–Kier alpha value is -0.840. The van der Waals surface area contributed by atoms with E-state index in [0.717, 1.165) is 15.7 Å². The van der Waals surface area contributed by atoms with Gasteiger partial charge in [0, 0.05) is 20.4 Å². The van der Waals surface area contributed by atoms with Gasteiger partial charge in [0.2, 0.25) is 0 Å². The summed E-state index contributed by atoms with van der Waals surface area (Å²) in [5, 5.41) is 14.5. The maximum atomic E-state index is 8.97. The van der Waals surface area contributed by atoms with Crippen LogP contribution in [-0.2, 0) is 6.61 Å². The van der Waals surface area contributed by atoms with Crippen molar-refractivity contribution in [3.8, 4) is 0 Å². The molecular weight excluding hydrogens is 298 g/mol. The molecule has 0 fully saturated rings. The normalized spacial score (nSPS) is 12.4. The van der Waals surface area contributed by atoms with Gasteiger partial charge in [-0.3, -0.25) is 0 Å². The van der Waals surface area contributed by atoms with Crippen molar-refractivity contribution in [1.29, 1.82) is 0 Å². The van der Waals surface area contributed by atoms with Crippen LogP contribution in [0.4, 0.5) is 5.69 Å². The van der Waals surface area contributed by atoms with E-state index < -0.39 is 0 Å². The molecule has 1 unspecified atom stereocenters. The summed E-state index contributed by atoms with van der Waals surface area (Å²) >= 11 is 5.19. The second-order valence-electron chi connectivity index (χ2n) is 3.89. The number of aliphatic hydroxyl groups excluding tert-OH is 1. The minimum atomic E-state index is 0.0910.